The molecule has 0 aliphatic heterocycles. The quantitative estimate of drug-likeness (QED) is 0.363. The number of ether oxygens (including phenoxy) is 1. The Balaban J connectivity index is 1.36. The van der Waals surface area contributed by atoms with Crippen molar-refractivity contribution in [2.75, 3.05) is 10.6 Å². The fourth-order valence-electron chi connectivity index (χ4n) is 3.48. The van der Waals surface area contributed by atoms with Gasteiger partial charge in [0.05, 0.1) is 12.2 Å². The van der Waals surface area contributed by atoms with Crippen molar-refractivity contribution in [2.45, 2.75) is 38.6 Å². The molecule has 33 heavy (non-hydrogen) atoms. The van der Waals surface area contributed by atoms with Crippen LogP contribution in [0.2, 0.25) is 5.02 Å². The van der Waals surface area contributed by atoms with Crippen LogP contribution in [0, 0.1) is 0 Å². The van der Waals surface area contributed by atoms with Gasteiger partial charge in [-0.25, -0.2) is 4.98 Å². The molecule has 1 aliphatic rings. The van der Waals surface area contributed by atoms with Crippen LogP contribution in [0.1, 0.15) is 43.4 Å². The SMILES string of the molecule is CCC(=O)Nc1cc(NCc2cn3cc(C4CC4)ccc3n2)nc(Oc2cccc(Cl)c2)n1. The second-order valence-electron chi connectivity index (χ2n) is 7.97. The molecule has 2 N–H and O–H groups in total. The number of rotatable bonds is 8. The first-order valence-electron chi connectivity index (χ1n) is 10.9. The largest absolute Gasteiger partial charge is 0.424 e. The van der Waals surface area contributed by atoms with E-state index >= 15 is 0 Å². The molecular weight excluding hydrogens is 440 g/mol. The van der Waals surface area contributed by atoms with E-state index in [4.69, 9.17) is 16.3 Å². The number of nitrogens with one attached hydrogen (secondary N) is 2. The number of anilines is 2. The van der Waals surface area contributed by atoms with E-state index in [0.717, 1.165) is 11.3 Å². The maximum absolute atomic E-state index is 11.9. The summed E-state index contributed by atoms with van der Waals surface area (Å²) in [5, 5.41) is 6.55. The van der Waals surface area contributed by atoms with E-state index in [1.54, 1.807) is 37.3 Å². The number of fused-ring (bicyclic) bond motifs is 1. The summed E-state index contributed by atoms with van der Waals surface area (Å²) < 4.78 is 7.84. The minimum absolute atomic E-state index is 0.0951. The fourth-order valence-corrected chi connectivity index (χ4v) is 3.66. The topological polar surface area (TPSA) is 93.4 Å². The zero-order valence-electron chi connectivity index (χ0n) is 18.1. The second kappa shape index (κ2) is 9.07. The minimum atomic E-state index is -0.153. The first-order chi connectivity index (χ1) is 16.1. The Hall–Kier alpha value is -3.65. The molecule has 0 unspecified atom stereocenters. The molecule has 8 nitrogen and oxygen atoms in total. The highest BCUT2D eigenvalue weighted by molar-refractivity contribution is 6.30. The molecule has 5 rings (SSSR count). The second-order valence-corrected chi connectivity index (χ2v) is 8.41. The molecule has 1 saturated carbocycles. The average molecular weight is 463 g/mol. The fraction of sp³-hybridized carbons (Fsp3) is 0.250. The lowest BCUT2D eigenvalue weighted by Crippen LogP contribution is -2.12. The molecule has 168 valence electrons. The lowest BCUT2D eigenvalue weighted by Gasteiger charge is -2.10. The van der Waals surface area contributed by atoms with Gasteiger partial charge in [-0.1, -0.05) is 30.7 Å². The summed E-state index contributed by atoms with van der Waals surface area (Å²) in [6.07, 6.45) is 7.03. The highest BCUT2D eigenvalue weighted by Crippen LogP contribution is 2.39. The number of hydrogen-bond acceptors (Lipinski definition) is 6. The van der Waals surface area contributed by atoms with Gasteiger partial charge in [0.15, 0.2) is 0 Å². The van der Waals surface area contributed by atoms with E-state index in [1.807, 2.05) is 6.20 Å². The van der Waals surface area contributed by atoms with Crippen molar-refractivity contribution in [3.05, 3.63) is 71.1 Å². The number of imidazole rings is 1. The standard InChI is InChI=1S/C24H23ClN6O2/c1-2-23(32)28-21-11-20(29-24(30-21)33-19-5-3-4-17(25)10-19)26-12-18-14-31-13-16(15-6-7-15)8-9-22(31)27-18/h3-5,8-11,13-15H,2,6-7,12H2,1H3,(H2,26,28,29,30,32). The van der Waals surface area contributed by atoms with Crippen molar-refractivity contribution in [3.63, 3.8) is 0 Å². The Kier molecular flexibility index (Phi) is 5.83. The summed E-state index contributed by atoms with van der Waals surface area (Å²) in [5.41, 5.74) is 3.13. The van der Waals surface area contributed by atoms with Crippen molar-refractivity contribution in [1.82, 2.24) is 19.4 Å². The summed E-state index contributed by atoms with van der Waals surface area (Å²) in [5.74, 6) is 1.89. The molecule has 1 aromatic carbocycles. The van der Waals surface area contributed by atoms with Crippen molar-refractivity contribution in [3.8, 4) is 11.8 Å². The zero-order chi connectivity index (χ0) is 22.8. The van der Waals surface area contributed by atoms with Crippen LogP contribution in [0.5, 0.6) is 11.8 Å². The van der Waals surface area contributed by atoms with Crippen LogP contribution in [-0.4, -0.2) is 25.3 Å². The maximum atomic E-state index is 11.9. The average Bonchev–Trinajstić information content (AvgIpc) is 3.56. The van der Waals surface area contributed by atoms with Crippen LogP contribution < -0.4 is 15.4 Å². The molecule has 9 heteroatoms. The monoisotopic (exact) mass is 462 g/mol. The molecule has 4 aromatic rings. The van der Waals surface area contributed by atoms with Crippen LogP contribution in [-0.2, 0) is 11.3 Å². The normalized spacial score (nSPS) is 13.2. The van der Waals surface area contributed by atoms with Crippen molar-refractivity contribution in [2.24, 2.45) is 0 Å². The van der Waals surface area contributed by atoms with Crippen LogP contribution in [0.25, 0.3) is 5.65 Å². The smallest absolute Gasteiger partial charge is 0.325 e. The predicted octanol–water partition coefficient (Wildman–Crippen LogP) is 5.41. The maximum Gasteiger partial charge on any atom is 0.325 e. The third-order valence-corrected chi connectivity index (χ3v) is 5.56. The number of aromatic nitrogens is 4. The number of halogens is 1. The lowest BCUT2D eigenvalue weighted by atomic mass is 10.2. The number of nitrogens with zero attached hydrogens (tertiary/aromatic N) is 4. The van der Waals surface area contributed by atoms with E-state index in [-0.39, 0.29) is 11.9 Å². The van der Waals surface area contributed by atoms with E-state index < -0.39 is 0 Å². The highest BCUT2D eigenvalue weighted by Gasteiger charge is 2.23. The first kappa shape index (κ1) is 21.2. The van der Waals surface area contributed by atoms with Gasteiger partial charge in [0.25, 0.3) is 0 Å². The van der Waals surface area contributed by atoms with E-state index in [2.05, 4.69) is 48.3 Å². The van der Waals surface area contributed by atoms with E-state index in [0.29, 0.717) is 41.3 Å². The van der Waals surface area contributed by atoms with Crippen LogP contribution >= 0.6 is 11.6 Å². The molecule has 0 atom stereocenters. The number of pyridine rings is 1. The van der Waals surface area contributed by atoms with Gasteiger partial charge in [-0.3, -0.25) is 4.79 Å². The summed E-state index contributed by atoms with van der Waals surface area (Å²) in [6, 6.07) is 12.9. The molecule has 3 heterocycles. The minimum Gasteiger partial charge on any atom is -0.424 e. The first-order valence-corrected chi connectivity index (χ1v) is 11.3. The molecule has 1 aliphatic carbocycles. The van der Waals surface area contributed by atoms with Crippen molar-refractivity contribution >= 4 is 34.8 Å². The van der Waals surface area contributed by atoms with Gasteiger partial charge in [0.2, 0.25) is 5.91 Å². The Morgan fingerprint density at radius 3 is 2.76 bits per heavy atom. The number of amides is 1. The van der Waals surface area contributed by atoms with Crippen molar-refractivity contribution in [1.29, 1.82) is 0 Å². The van der Waals surface area contributed by atoms with Gasteiger partial charge >= 0.3 is 6.01 Å². The number of benzene rings is 1. The van der Waals surface area contributed by atoms with Gasteiger partial charge in [0, 0.05) is 29.9 Å². The molecular formula is C24H23ClN6O2. The van der Waals surface area contributed by atoms with Gasteiger partial charge < -0.3 is 19.8 Å². The number of carbonyl (C=O) groups excluding carboxylic acids is 1. The summed E-state index contributed by atoms with van der Waals surface area (Å²) in [6.45, 7) is 2.23. The molecule has 3 aromatic heterocycles. The van der Waals surface area contributed by atoms with E-state index in [1.165, 1.54) is 18.4 Å². The summed E-state index contributed by atoms with van der Waals surface area (Å²) in [7, 11) is 0. The van der Waals surface area contributed by atoms with Gasteiger partial charge in [-0.2, -0.15) is 9.97 Å². The Bertz CT molecular complexity index is 1320. The summed E-state index contributed by atoms with van der Waals surface area (Å²) in [4.78, 5) is 25.3. The molecule has 1 fully saturated rings. The predicted molar refractivity (Wildman–Crippen MR) is 127 cm³/mol. The van der Waals surface area contributed by atoms with Crippen molar-refractivity contribution < 1.29 is 9.53 Å². The number of hydrogen-bond donors (Lipinski definition) is 2. The molecule has 1 amide bonds. The van der Waals surface area contributed by atoms with E-state index in [9.17, 15) is 4.79 Å². The molecule has 0 saturated heterocycles. The zero-order valence-corrected chi connectivity index (χ0v) is 18.8. The lowest BCUT2D eigenvalue weighted by molar-refractivity contribution is -0.115. The third kappa shape index (κ3) is 5.23. The Morgan fingerprint density at radius 1 is 1.12 bits per heavy atom. The van der Waals surface area contributed by atoms with Crippen LogP contribution in [0.4, 0.5) is 11.6 Å². The Morgan fingerprint density at radius 2 is 1.97 bits per heavy atom. The summed E-state index contributed by atoms with van der Waals surface area (Å²) >= 11 is 6.04. The highest BCUT2D eigenvalue weighted by atomic mass is 35.5. The Labute approximate surface area is 196 Å². The molecule has 0 spiro atoms. The molecule has 0 radical (unpaired) electrons. The van der Waals surface area contributed by atoms with Gasteiger partial charge in [0.1, 0.15) is 23.0 Å². The molecule has 0 bridgehead atoms. The third-order valence-electron chi connectivity index (χ3n) is 5.32. The van der Waals surface area contributed by atoms with Crippen LogP contribution in [0.15, 0.2) is 54.9 Å². The van der Waals surface area contributed by atoms with Crippen LogP contribution in [0.3, 0.4) is 0 Å². The van der Waals surface area contributed by atoms with Gasteiger partial charge in [-0.15, -0.1) is 0 Å². The van der Waals surface area contributed by atoms with Gasteiger partial charge in [-0.05, 0) is 48.6 Å². The number of carbonyl (C=O) groups is 1.